The molecule has 0 aliphatic carbocycles. The Balaban J connectivity index is 1.70. The fourth-order valence-corrected chi connectivity index (χ4v) is 1.40. The molecule has 2 aromatic heterocycles. The summed E-state index contributed by atoms with van der Waals surface area (Å²) in [6.45, 7) is 2.42. The first-order valence-electron chi connectivity index (χ1n) is 4.98. The molecule has 5 nitrogen and oxygen atoms in total. The quantitative estimate of drug-likeness (QED) is 0.626. The van der Waals surface area contributed by atoms with Gasteiger partial charge in [0.15, 0.2) is 0 Å². The molecule has 0 bridgehead atoms. The van der Waals surface area contributed by atoms with Crippen molar-refractivity contribution in [2.75, 3.05) is 6.54 Å². The van der Waals surface area contributed by atoms with Crippen molar-refractivity contribution in [2.45, 2.75) is 13.1 Å². The molecule has 1 N–H and O–H groups in total. The summed E-state index contributed by atoms with van der Waals surface area (Å²) in [5.41, 5.74) is 1.11. The summed E-state index contributed by atoms with van der Waals surface area (Å²) in [5, 5.41) is 7.82. The van der Waals surface area contributed by atoms with E-state index in [9.17, 15) is 0 Å². The van der Waals surface area contributed by atoms with E-state index in [1.54, 1.807) is 23.3 Å². The van der Waals surface area contributed by atoms with Crippen LogP contribution in [0.15, 0.2) is 31.0 Å². The summed E-state index contributed by atoms with van der Waals surface area (Å²) in [6.07, 6.45) is 5.00. The van der Waals surface area contributed by atoms with Crippen molar-refractivity contribution in [2.24, 2.45) is 0 Å². The molecule has 0 spiro atoms. The van der Waals surface area contributed by atoms with E-state index in [-0.39, 0.29) is 0 Å². The lowest BCUT2D eigenvalue weighted by atomic mass is 10.3. The summed E-state index contributed by atoms with van der Waals surface area (Å²) in [4.78, 5) is 7.87. The minimum atomic E-state index is 0.520. The van der Waals surface area contributed by atoms with Gasteiger partial charge in [0.2, 0.25) is 0 Å². The van der Waals surface area contributed by atoms with Gasteiger partial charge in [0, 0.05) is 19.3 Å². The standard InChI is InChI=1S/C10H12ClN5/c11-10-2-1-9(6-14-10)5-12-3-4-16-8-13-7-15-16/h1-2,6-8,12H,3-5H2. The Morgan fingerprint density at radius 1 is 1.38 bits per heavy atom. The van der Waals surface area contributed by atoms with Crippen LogP contribution in [0.1, 0.15) is 5.56 Å². The Bertz CT molecular complexity index is 411. The maximum atomic E-state index is 5.69. The number of hydrogen-bond donors (Lipinski definition) is 1. The Hall–Kier alpha value is -1.46. The molecule has 2 heterocycles. The summed E-state index contributed by atoms with van der Waals surface area (Å²) in [5.74, 6) is 0. The molecule has 2 aromatic rings. The number of nitrogens with one attached hydrogen (secondary N) is 1. The average Bonchev–Trinajstić information content (AvgIpc) is 2.80. The normalized spacial score (nSPS) is 10.6. The molecule has 0 fully saturated rings. The highest BCUT2D eigenvalue weighted by Gasteiger charge is 1.94. The van der Waals surface area contributed by atoms with Gasteiger partial charge in [-0.3, -0.25) is 4.68 Å². The molecule has 0 aliphatic heterocycles. The van der Waals surface area contributed by atoms with Crippen LogP contribution in [0.25, 0.3) is 0 Å². The van der Waals surface area contributed by atoms with Gasteiger partial charge in [0.25, 0.3) is 0 Å². The number of nitrogens with zero attached hydrogens (tertiary/aromatic N) is 4. The predicted molar refractivity (Wildman–Crippen MR) is 61.0 cm³/mol. The summed E-state index contributed by atoms with van der Waals surface area (Å²) >= 11 is 5.69. The van der Waals surface area contributed by atoms with Crippen molar-refractivity contribution in [1.29, 1.82) is 0 Å². The van der Waals surface area contributed by atoms with E-state index in [0.29, 0.717) is 5.15 Å². The van der Waals surface area contributed by atoms with Gasteiger partial charge in [0.1, 0.15) is 17.8 Å². The summed E-state index contributed by atoms with van der Waals surface area (Å²) < 4.78 is 1.78. The smallest absolute Gasteiger partial charge is 0.137 e. The van der Waals surface area contributed by atoms with E-state index in [4.69, 9.17) is 11.6 Å². The largest absolute Gasteiger partial charge is 0.311 e. The van der Waals surface area contributed by atoms with Crippen LogP contribution >= 0.6 is 11.6 Å². The van der Waals surface area contributed by atoms with Gasteiger partial charge in [-0.15, -0.1) is 0 Å². The Morgan fingerprint density at radius 3 is 3.00 bits per heavy atom. The van der Waals surface area contributed by atoms with Gasteiger partial charge < -0.3 is 5.32 Å². The Kier molecular flexibility index (Phi) is 3.85. The fourth-order valence-electron chi connectivity index (χ4n) is 1.29. The van der Waals surface area contributed by atoms with Gasteiger partial charge in [0.05, 0.1) is 6.54 Å². The lowest BCUT2D eigenvalue weighted by Crippen LogP contribution is -2.19. The summed E-state index contributed by atoms with van der Waals surface area (Å²) in [7, 11) is 0. The van der Waals surface area contributed by atoms with Gasteiger partial charge in [-0.2, -0.15) is 5.10 Å². The first-order chi connectivity index (χ1) is 7.84. The minimum Gasteiger partial charge on any atom is -0.311 e. The van der Waals surface area contributed by atoms with Crippen LogP contribution in [0.4, 0.5) is 0 Å². The van der Waals surface area contributed by atoms with Crippen molar-refractivity contribution in [1.82, 2.24) is 25.1 Å². The van der Waals surface area contributed by atoms with Gasteiger partial charge in [-0.25, -0.2) is 9.97 Å². The molecule has 0 amide bonds. The van der Waals surface area contributed by atoms with Crippen LogP contribution in [0.5, 0.6) is 0 Å². The number of halogens is 1. The van der Waals surface area contributed by atoms with Gasteiger partial charge >= 0.3 is 0 Å². The molecular weight excluding hydrogens is 226 g/mol. The molecule has 0 saturated heterocycles. The molecule has 2 rings (SSSR count). The lowest BCUT2D eigenvalue weighted by molar-refractivity contribution is 0.553. The predicted octanol–water partition coefficient (Wildman–Crippen LogP) is 1.12. The minimum absolute atomic E-state index is 0.520. The second-order valence-corrected chi connectivity index (χ2v) is 3.71. The fraction of sp³-hybridized carbons (Fsp3) is 0.300. The highest BCUT2D eigenvalue weighted by atomic mass is 35.5. The van der Waals surface area contributed by atoms with Crippen LogP contribution < -0.4 is 5.32 Å². The number of hydrogen-bond acceptors (Lipinski definition) is 4. The van der Waals surface area contributed by atoms with E-state index < -0.39 is 0 Å². The molecule has 0 unspecified atom stereocenters. The molecule has 84 valence electrons. The third-order valence-corrected chi connectivity index (χ3v) is 2.33. The molecule has 0 saturated carbocycles. The van der Waals surface area contributed by atoms with E-state index in [0.717, 1.165) is 25.2 Å². The zero-order chi connectivity index (χ0) is 11.2. The highest BCUT2D eigenvalue weighted by Crippen LogP contribution is 2.04. The first-order valence-corrected chi connectivity index (χ1v) is 5.36. The Morgan fingerprint density at radius 2 is 2.31 bits per heavy atom. The second-order valence-electron chi connectivity index (χ2n) is 3.32. The zero-order valence-corrected chi connectivity index (χ0v) is 9.43. The maximum absolute atomic E-state index is 5.69. The molecule has 16 heavy (non-hydrogen) atoms. The SMILES string of the molecule is Clc1ccc(CNCCn2cncn2)cn1. The second kappa shape index (κ2) is 5.58. The highest BCUT2D eigenvalue weighted by molar-refractivity contribution is 6.29. The van der Waals surface area contributed by atoms with E-state index in [1.165, 1.54) is 6.33 Å². The number of aromatic nitrogens is 4. The average molecular weight is 238 g/mol. The summed E-state index contributed by atoms with van der Waals surface area (Å²) in [6, 6.07) is 3.74. The molecule has 0 atom stereocenters. The number of rotatable bonds is 5. The Labute approximate surface area is 98.5 Å². The third-order valence-electron chi connectivity index (χ3n) is 2.10. The van der Waals surface area contributed by atoms with Crippen LogP contribution in [0, 0.1) is 0 Å². The molecule has 0 radical (unpaired) electrons. The van der Waals surface area contributed by atoms with Crippen molar-refractivity contribution in [3.8, 4) is 0 Å². The zero-order valence-electron chi connectivity index (χ0n) is 8.67. The van der Waals surface area contributed by atoms with Crippen LogP contribution in [-0.2, 0) is 13.1 Å². The monoisotopic (exact) mass is 237 g/mol. The van der Waals surface area contributed by atoms with Gasteiger partial charge in [-0.1, -0.05) is 17.7 Å². The van der Waals surface area contributed by atoms with Crippen LogP contribution in [0.2, 0.25) is 5.15 Å². The third kappa shape index (κ3) is 3.29. The van der Waals surface area contributed by atoms with Crippen LogP contribution in [-0.4, -0.2) is 26.3 Å². The van der Waals surface area contributed by atoms with E-state index in [2.05, 4.69) is 20.4 Å². The van der Waals surface area contributed by atoms with Crippen molar-refractivity contribution in [3.63, 3.8) is 0 Å². The van der Waals surface area contributed by atoms with E-state index in [1.807, 2.05) is 6.07 Å². The molecule has 6 heteroatoms. The topological polar surface area (TPSA) is 55.6 Å². The van der Waals surface area contributed by atoms with Crippen molar-refractivity contribution in [3.05, 3.63) is 41.7 Å². The van der Waals surface area contributed by atoms with Gasteiger partial charge in [-0.05, 0) is 11.6 Å². The van der Waals surface area contributed by atoms with Crippen molar-refractivity contribution < 1.29 is 0 Å². The number of pyridine rings is 1. The van der Waals surface area contributed by atoms with Crippen LogP contribution in [0.3, 0.4) is 0 Å². The van der Waals surface area contributed by atoms with E-state index >= 15 is 0 Å². The molecule has 0 aliphatic rings. The molecule has 0 aromatic carbocycles. The maximum Gasteiger partial charge on any atom is 0.137 e. The lowest BCUT2D eigenvalue weighted by Gasteiger charge is -2.04. The molecular formula is C10H12ClN5. The van der Waals surface area contributed by atoms with Crippen molar-refractivity contribution >= 4 is 11.6 Å². The first kappa shape index (κ1) is 11.0.